The summed E-state index contributed by atoms with van der Waals surface area (Å²) >= 11 is 1.71. The molecule has 0 spiro atoms. The molecule has 1 saturated heterocycles. The van der Waals surface area contributed by atoms with E-state index in [1.54, 1.807) is 11.3 Å². The second-order valence-electron chi connectivity index (χ2n) is 8.49. The average molecular weight is 478 g/mol. The molecule has 3 rings (SSSR count). The van der Waals surface area contributed by atoms with Gasteiger partial charge in [-0.3, -0.25) is 4.99 Å². The lowest BCUT2D eigenvalue weighted by molar-refractivity contribution is -0.106. The molecule has 0 bridgehead atoms. The molecule has 1 aliphatic heterocycles. The SMILES string of the molecule is CN=C(NCc1nc(C(C)(C)C)cs1)NC1C2CCOC2C1(C)C.I. The first-order valence-electron chi connectivity index (χ1n) is 8.77. The minimum Gasteiger partial charge on any atom is -0.377 e. The van der Waals surface area contributed by atoms with Crippen LogP contribution >= 0.6 is 35.3 Å². The van der Waals surface area contributed by atoms with Gasteiger partial charge in [-0.15, -0.1) is 35.3 Å². The van der Waals surface area contributed by atoms with Gasteiger partial charge in [-0.1, -0.05) is 34.6 Å². The van der Waals surface area contributed by atoms with Gasteiger partial charge in [-0.2, -0.15) is 0 Å². The number of aromatic nitrogens is 1. The van der Waals surface area contributed by atoms with Crippen LogP contribution in [0.1, 0.15) is 51.7 Å². The van der Waals surface area contributed by atoms with E-state index in [0.29, 0.717) is 24.6 Å². The number of hydrogen-bond donors (Lipinski definition) is 2. The van der Waals surface area contributed by atoms with Crippen LogP contribution in [0.15, 0.2) is 10.4 Å². The number of fused-ring (bicyclic) bond motifs is 1. The third-order valence-electron chi connectivity index (χ3n) is 5.34. The van der Waals surface area contributed by atoms with Gasteiger partial charge in [0.25, 0.3) is 0 Å². The van der Waals surface area contributed by atoms with Crippen LogP contribution in [0.2, 0.25) is 0 Å². The molecule has 0 aromatic carbocycles. The van der Waals surface area contributed by atoms with Gasteiger partial charge in [0.2, 0.25) is 0 Å². The number of nitrogens with one attached hydrogen (secondary N) is 2. The van der Waals surface area contributed by atoms with Crippen LogP contribution in [-0.4, -0.2) is 36.7 Å². The highest BCUT2D eigenvalue weighted by Crippen LogP contribution is 2.52. The van der Waals surface area contributed by atoms with Gasteiger partial charge in [0.05, 0.1) is 18.3 Å². The summed E-state index contributed by atoms with van der Waals surface area (Å²) < 4.78 is 5.87. The van der Waals surface area contributed by atoms with E-state index in [1.807, 2.05) is 7.05 Å². The second kappa shape index (κ2) is 7.68. The van der Waals surface area contributed by atoms with Crippen LogP contribution in [0.3, 0.4) is 0 Å². The van der Waals surface area contributed by atoms with E-state index in [1.165, 1.54) is 0 Å². The first kappa shape index (κ1) is 20.9. The van der Waals surface area contributed by atoms with Gasteiger partial charge < -0.3 is 15.4 Å². The molecule has 2 fully saturated rings. The molecular formula is C18H31IN4OS. The van der Waals surface area contributed by atoms with Crippen molar-refractivity contribution in [2.45, 2.75) is 65.1 Å². The Balaban J connectivity index is 0.00000225. The van der Waals surface area contributed by atoms with Crippen LogP contribution in [-0.2, 0) is 16.7 Å². The standard InChI is InChI=1S/C18H30N4OS.HI/c1-17(2,3)12-10-24-13(21-12)9-20-16(19-6)22-14-11-7-8-23-15(11)18(14,4)5;/h10-11,14-15H,7-9H2,1-6H3,(H2,19,20,22);1H. The van der Waals surface area contributed by atoms with Crippen molar-refractivity contribution in [3.63, 3.8) is 0 Å². The third-order valence-corrected chi connectivity index (χ3v) is 6.19. The van der Waals surface area contributed by atoms with Crippen molar-refractivity contribution >= 4 is 41.3 Å². The largest absolute Gasteiger partial charge is 0.377 e. The topological polar surface area (TPSA) is 58.5 Å². The van der Waals surface area contributed by atoms with Crippen LogP contribution in [0, 0.1) is 11.3 Å². The van der Waals surface area contributed by atoms with E-state index in [2.05, 4.69) is 55.6 Å². The van der Waals surface area contributed by atoms with Gasteiger partial charge in [0.15, 0.2) is 5.96 Å². The normalized spacial score (nSPS) is 27.9. The van der Waals surface area contributed by atoms with Crippen molar-refractivity contribution < 1.29 is 4.74 Å². The lowest BCUT2D eigenvalue weighted by Crippen LogP contribution is -2.67. The fraction of sp³-hybridized carbons (Fsp3) is 0.778. The van der Waals surface area contributed by atoms with Crippen molar-refractivity contribution in [1.29, 1.82) is 0 Å². The molecular weight excluding hydrogens is 447 g/mol. The molecule has 3 unspecified atom stereocenters. The summed E-state index contributed by atoms with van der Waals surface area (Å²) in [5.74, 6) is 1.46. The number of aliphatic imine (C=N–C) groups is 1. The molecule has 2 aliphatic rings. The minimum absolute atomic E-state index is 0. The molecule has 1 aliphatic carbocycles. The summed E-state index contributed by atoms with van der Waals surface area (Å²) in [6, 6.07) is 0.414. The molecule has 7 heteroatoms. The highest BCUT2D eigenvalue weighted by molar-refractivity contribution is 14.0. The van der Waals surface area contributed by atoms with E-state index in [4.69, 9.17) is 9.72 Å². The smallest absolute Gasteiger partial charge is 0.191 e. The number of rotatable bonds is 3. The maximum Gasteiger partial charge on any atom is 0.191 e. The number of ether oxygens (including phenoxy) is 1. The zero-order valence-corrected chi connectivity index (χ0v) is 19.2. The third kappa shape index (κ3) is 4.13. The molecule has 0 radical (unpaired) electrons. The van der Waals surface area contributed by atoms with Crippen molar-refractivity contribution in [3.05, 3.63) is 16.1 Å². The van der Waals surface area contributed by atoms with E-state index in [9.17, 15) is 0 Å². The molecule has 0 amide bonds. The Morgan fingerprint density at radius 3 is 2.76 bits per heavy atom. The highest BCUT2D eigenvalue weighted by Gasteiger charge is 2.59. The predicted octanol–water partition coefficient (Wildman–Crippen LogP) is 3.54. The lowest BCUT2D eigenvalue weighted by Gasteiger charge is -2.54. The average Bonchev–Trinajstić information content (AvgIpc) is 3.14. The zero-order valence-electron chi connectivity index (χ0n) is 16.0. The van der Waals surface area contributed by atoms with Crippen molar-refractivity contribution in [3.8, 4) is 0 Å². The Morgan fingerprint density at radius 1 is 1.44 bits per heavy atom. The van der Waals surface area contributed by atoms with Crippen molar-refractivity contribution in [2.75, 3.05) is 13.7 Å². The number of guanidine groups is 1. The van der Waals surface area contributed by atoms with Gasteiger partial charge >= 0.3 is 0 Å². The van der Waals surface area contributed by atoms with Crippen LogP contribution in [0.4, 0.5) is 0 Å². The number of hydrogen-bond acceptors (Lipinski definition) is 4. The summed E-state index contributed by atoms with van der Waals surface area (Å²) in [7, 11) is 1.83. The zero-order chi connectivity index (χ0) is 17.5. The number of nitrogens with zero attached hydrogens (tertiary/aromatic N) is 2. The van der Waals surface area contributed by atoms with E-state index in [-0.39, 0.29) is 34.8 Å². The molecule has 142 valence electrons. The van der Waals surface area contributed by atoms with Gasteiger partial charge in [-0.25, -0.2) is 4.98 Å². The first-order chi connectivity index (χ1) is 11.2. The highest BCUT2D eigenvalue weighted by atomic mass is 127. The summed E-state index contributed by atoms with van der Waals surface area (Å²) in [4.78, 5) is 9.13. The monoisotopic (exact) mass is 478 g/mol. The molecule has 1 saturated carbocycles. The Bertz CT molecular complexity index is 623. The summed E-state index contributed by atoms with van der Waals surface area (Å²) in [5, 5.41) is 10.3. The van der Waals surface area contributed by atoms with E-state index >= 15 is 0 Å². The maximum absolute atomic E-state index is 5.87. The Labute approximate surface area is 172 Å². The van der Waals surface area contributed by atoms with Gasteiger partial charge in [0.1, 0.15) is 5.01 Å². The van der Waals surface area contributed by atoms with Gasteiger partial charge in [-0.05, 0) is 6.42 Å². The Kier molecular flexibility index (Phi) is 6.42. The summed E-state index contributed by atoms with van der Waals surface area (Å²) in [6.07, 6.45) is 1.53. The molecule has 1 aromatic rings. The molecule has 3 atom stereocenters. The fourth-order valence-corrected chi connectivity index (χ4v) is 4.82. The van der Waals surface area contributed by atoms with Crippen LogP contribution in [0.5, 0.6) is 0 Å². The molecule has 2 N–H and O–H groups in total. The molecule has 2 heterocycles. The van der Waals surface area contributed by atoms with E-state index in [0.717, 1.165) is 29.7 Å². The maximum atomic E-state index is 5.87. The van der Waals surface area contributed by atoms with Crippen LogP contribution < -0.4 is 10.6 Å². The van der Waals surface area contributed by atoms with Crippen molar-refractivity contribution in [1.82, 2.24) is 15.6 Å². The predicted molar refractivity (Wildman–Crippen MR) is 115 cm³/mol. The quantitative estimate of drug-likeness (QED) is 0.397. The fourth-order valence-electron chi connectivity index (χ4n) is 3.86. The second-order valence-corrected chi connectivity index (χ2v) is 9.43. The van der Waals surface area contributed by atoms with Gasteiger partial charge in [0, 0.05) is 41.8 Å². The van der Waals surface area contributed by atoms with E-state index < -0.39 is 0 Å². The minimum atomic E-state index is 0. The number of halogens is 1. The Morgan fingerprint density at radius 2 is 2.16 bits per heavy atom. The van der Waals surface area contributed by atoms with Crippen LogP contribution in [0.25, 0.3) is 0 Å². The lowest BCUT2D eigenvalue weighted by atomic mass is 9.57. The molecule has 1 aromatic heterocycles. The first-order valence-corrected chi connectivity index (χ1v) is 9.65. The molecule has 25 heavy (non-hydrogen) atoms. The number of thiazole rings is 1. The summed E-state index contributed by atoms with van der Waals surface area (Å²) in [6.45, 7) is 12.7. The Hall–Kier alpha value is -0.410. The summed E-state index contributed by atoms with van der Waals surface area (Å²) in [5.41, 5.74) is 1.40. The van der Waals surface area contributed by atoms with Crippen molar-refractivity contribution in [2.24, 2.45) is 16.3 Å². The molecule has 5 nitrogen and oxygen atoms in total.